The minimum atomic E-state index is -0.864. The number of aryl methyl sites for hydroxylation is 2. The highest BCUT2D eigenvalue weighted by Crippen LogP contribution is 2.28. The summed E-state index contributed by atoms with van der Waals surface area (Å²) in [5, 5.41) is 2.27. The highest BCUT2D eigenvalue weighted by atomic mass is 32.2. The quantitative estimate of drug-likeness (QED) is 0.317. The molecule has 0 saturated carbocycles. The SMILES string of the molecule is Cc1ccc(-n2c(SC(C)C(=O)Nc3c(F)cccc3F)nc3ccccc3c2=O)c(C)c1. The summed E-state index contributed by atoms with van der Waals surface area (Å²) in [4.78, 5) is 30.8. The highest BCUT2D eigenvalue weighted by molar-refractivity contribution is 8.00. The fourth-order valence-electron chi connectivity index (χ4n) is 3.51. The Bertz CT molecular complexity index is 1420. The molecule has 0 saturated heterocycles. The van der Waals surface area contributed by atoms with Gasteiger partial charge in [-0.3, -0.25) is 14.2 Å². The molecule has 168 valence electrons. The van der Waals surface area contributed by atoms with E-state index in [1.54, 1.807) is 31.2 Å². The molecule has 1 heterocycles. The molecule has 1 aromatic heterocycles. The minimum Gasteiger partial charge on any atom is -0.320 e. The van der Waals surface area contributed by atoms with Gasteiger partial charge in [0, 0.05) is 0 Å². The van der Waals surface area contributed by atoms with Gasteiger partial charge in [0.05, 0.1) is 21.8 Å². The molecule has 0 aliphatic carbocycles. The van der Waals surface area contributed by atoms with Gasteiger partial charge in [-0.05, 0) is 56.7 Å². The van der Waals surface area contributed by atoms with Crippen molar-refractivity contribution in [1.29, 1.82) is 0 Å². The van der Waals surface area contributed by atoms with E-state index < -0.39 is 28.5 Å². The number of amides is 1. The number of carbonyl (C=O) groups is 1. The van der Waals surface area contributed by atoms with Crippen molar-refractivity contribution in [1.82, 2.24) is 9.55 Å². The predicted molar refractivity (Wildman–Crippen MR) is 127 cm³/mol. The first kappa shape index (κ1) is 22.7. The molecule has 33 heavy (non-hydrogen) atoms. The van der Waals surface area contributed by atoms with Crippen LogP contribution in [0.1, 0.15) is 18.1 Å². The number of hydrogen-bond donors (Lipinski definition) is 1. The summed E-state index contributed by atoms with van der Waals surface area (Å²) in [5.74, 6) is -2.34. The predicted octanol–water partition coefficient (Wildman–Crippen LogP) is 5.40. The number of halogens is 2. The number of nitrogens with zero attached hydrogens (tertiary/aromatic N) is 2. The number of thioether (sulfide) groups is 1. The van der Waals surface area contributed by atoms with Crippen LogP contribution in [0.4, 0.5) is 14.5 Å². The number of nitrogens with one attached hydrogen (secondary N) is 1. The lowest BCUT2D eigenvalue weighted by molar-refractivity contribution is -0.115. The number of hydrogen-bond acceptors (Lipinski definition) is 4. The second-order valence-corrected chi connectivity index (χ2v) is 9.00. The molecular formula is C25H21F2N3O2S. The number of para-hydroxylation sites is 2. The maximum Gasteiger partial charge on any atom is 0.266 e. The molecule has 4 rings (SSSR count). The van der Waals surface area contributed by atoms with Gasteiger partial charge in [0.15, 0.2) is 5.16 Å². The van der Waals surface area contributed by atoms with Crippen LogP contribution in [-0.2, 0) is 4.79 Å². The molecule has 1 N–H and O–H groups in total. The summed E-state index contributed by atoms with van der Waals surface area (Å²) in [6, 6.07) is 16.0. The van der Waals surface area contributed by atoms with Crippen LogP contribution in [-0.4, -0.2) is 20.7 Å². The van der Waals surface area contributed by atoms with Gasteiger partial charge in [-0.15, -0.1) is 0 Å². The van der Waals surface area contributed by atoms with E-state index >= 15 is 0 Å². The van der Waals surface area contributed by atoms with Gasteiger partial charge in [-0.2, -0.15) is 0 Å². The van der Waals surface area contributed by atoms with Crippen LogP contribution in [0, 0.1) is 25.5 Å². The Kier molecular flexibility index (Phi) is 6.29. The Balaban J connectivity index is 1.76. The Morgan fingerprint density at radius 1 is 1.03 bits per heavy atom. The van der Waals surface area contributed by atoms with Crippen molar-refractivity contribution < 1.29 is 13.6 Å². The Hall–Kier alpha value is -3.52. The van der Waals surface area contributed by atoms with E-state index in [0.29, 0.717) is 21.7 Å². The van der Waals surface area contributed by atoms with Gasteiger partial charge >= 0.3 is 0 Å². The maximum absolute atomic E-state index is 14.0. The fourth-order valence-corrected chi connectivity index (χ4v) is 4.43. The molecule has 1 atom stereocenters. The first-order valence-electron chi connectivity index (χ1n) is 10.3. The van der Waals surface area contributed by atoms with Crippen LogP contribution in [0.3, 0.4) is 0 Å². The van der Waals surface area contributed by atoms with Gasteiger partial charge in [-0.1, -0.05) is 47.7 Å². The number of rotatable bonds is 5. The number of anilines is 1. The average Bonchev–Trinajstić information content (AvgIpc) is 2.77. The summed E-state index contributed by atoms with van der Waals surface area (Å²) in [6.45, 7) is 5.45. The largest absolute Gasteiger partial charge is 0.320 e. The van der Waals surface area contributed by atoms with Crippen LogP contribution in [0.25, 0.3) is 16.6 Å². The zero-order valence-electron chi connectivity index (χ0n) is 18.2. The Morgan fingerprint density at radius 2 is 1.73 bits per heavy atom. The zero-order chi connectivity index (χ0) is 23.7. The first-order valence-corrected chi connectivity index (χ1v) is 11.1. The minimum absolute atomic E-state index is 0.261. The summed E-state index contributed by atoms with van der Waals surface area (Å²) in [7, 11) is 0. The van der Waals surface area contributed by atoms with Gasteiger partial charge < -0.3 is 5.32 Å². The molecule has 0 radical (unpaired) electrons. The van der Waals surface area contributed by atoms with Gasteiger partial charge in [-0.25, -0.2) is 13.8 Å². The third-order valence-electron chi connectivity index (χ3n) is 5.20. The van der Waals surface area contributed by atoms with Crippen molar-refractivity contribution >= 4 is 34.3 Å². The van der Waals surface area contributed by atoms with E-state index in [0.717, 1.165) is 35.0 Å². The molecule has 0 aliphatic heterocycles. The van der Waals surface area contributed by atoms with Crippen molar-refractivity contribution in [3.63, 3.8) is 0 Å². The normalized spacial score (nSPS) is 12.0. The van der Waals surface area contributed by atoms with Crippen LogP contribution >= 0.6 is 11.8 Å². The molecule has 0 aliphatic rings. The van der Waals surface area contributed by atoms with E-state index in [-0.39, 0.29) is 5.56 Å². The standard InChI is InChI=1S/C25H21F2N3O2S/c1-14-11-12-21(15(2)13-14)30-24(32)17-7-4-5-10-20(17)28-25(30)33-16(3)23(31)29-22-18(26)8-6-9-19(22)27/h4-13,16H,1-3H3,(H,29,31). The lowest BCUT2D eigenvalue weighted by Gasteiger charge is -2.18. The van der Waals surface area contributed by atoms with Gasteiger partial charge in [0.2, 0.25) is 5.91 Å². The van der Waals surface area contributed by atoms with Crippen molar-refractivity contribution in [3.8, 4) is 5.69 Å². The summed E-state index contributed by atoms with van der Waals surface area (Å²) >= 11 is 1.04. The second-order valence-electron chi connectivity index (χ2n) is 7.69. The summed E-state index contributed by atoms with van der Waals surface area (Å²) in [5.41, 5.74) is 2.31. The highest BCUT2D eigenvalue weighted by Gasteiger charge is 2.22. The molecule has 0 bridgehead atoms. The van der Waals surface area contributed by atoms with Crippen molar-refractivity contribution in [2.75, 3.05) is 5.32 Å². The van der Waals surface area contributed by atoms with Crippen molar-refractivity contribution in [2.24, 2.45) is 0 Å². The molecule has 5 nitrogen and oxygen atoms in total. The number of aromatic nitrogens is 2. The molecule has 0 spiro atoms. The molecule has 3 aromatic carbocycles. The summed E-state index contributed by atoms with van der Waals surface area (Å²) in [6.07, 6.45) is 0. The zero-order valence-corrected chi connectivity index (χ0v) is 19.0. The molecule has 1 amide bonds. The van der Waals surface area contributed by atoms with E-state index in [1.807, 2.05) is 32.0 Å². The van der Waals surface area contributed by atoms with Crippen LogP contribution in [0.15, 0.2) is 70.6 Å². The van der Waals surface area contributed by atoms with E-state index in [1.165, 1.54) is 10.6 Å². The lowest BCUT2D eigenvalue weighted by Crippen LogP contribution is -2.27. The maximum atomic E-state index is 14.0. The summed E-state index contributed by atoms with van der Waals surface area (Å²) < 4.78 is 29.4. The third-order valence-corrected chi connectivity index (χ3v) is 6.25. The van der Waals surface area contributed by atoms with E-state index in [4.69, 9.17) is 0 Å². The lowest BCUT2D eigenvalue weighted by atomic mass is 10.1. The number of carbonyl (C=O) groups excluding carboxylic acids is 1. The number of fused-ring (bicyclic) bond motifs is 1. The van der Waals surface area contributed by atoms with Crippen LogP contribution in [0.2, 0.25) is 0 Å². The van der Waals surface area contributed by atoms with Crippen LogP contribution in [0.5, 0.6) is 0 Å². The monoisotopic (exact) mass is 465 g/mol. The Labute approximate surface area is 193 Å². The Morgan fingerprint density at radius 3 is 2.42 bits per heavy atom. The van der Waals surface area contributed by atoms with Crippen molar-refractivity contribution in [2.45, 2.75) is 31.2 Å². The molecule has 1 unspecified atom stereocenters. The molecule has 0 fully saturated rings. The average molecular weight is 466 g/mol. The topological polar surface area (TPSA) is 64.0 Å². The third kappa shape index (κ3) is 4.52. The van der Waals surface area contributed by atoms with Crippen molar-refractivity contribution in [3.05, 3.63) is 93.8 Å². The molecule has 4 aromatic rings. The van der Waals surface area contributed by atoms with Gasteiger partial charge in [0.25, 0.3) is 5.56 Å². The second kappa shape index (κ2) is 9.15. The van der Waals surface area contributed by atoms with Gasteiger partial charge in [0.1, 0.15) is 17.3 Å². The first-order chi connectivity index (χ1) is 15.8. The van der Waals surface area contributed by atoms with Crippen LogP contribution < -0.4 is 10.9 Å². The van der Waals surface area contributed by atoms with E-state index in [2.05, 4.69) is 10.3 Å². The molecular weight excluding hydrogens is 444 g/mol. The smallest absolute Gasteiger partial charge is 0.266 e. The van der Waals surface area contributed by atoms with E-state index in [9.17, 15) is 18.4 Å². The number of benzene rings is 3. The molecule has 8 heteroatoms. The fraction of sp³-hybridized carbons (Fsp3) is 0.160.